The Labute approximate surface area is 125 Å². The van der Waals surface area contributed by atoms with Gasteiger partial charge in [0.25, 0.3) is 5.56 Å². The molecule has 0 aliphatic rings. The fourth-order valence-corrected chi connectivity index (χ4v) is 2.41. The van der Waals surface area contributed by atoms with Crippen molar-refractivity contribution in [3.8, 4) is 0 Å². The number of aromatic nitrogens is 2. The molecule has 0 radical (unpaired) electrons. The van der Waals surface area contributed by atoms with Crippen LogP contribution in [0.1, 0.15) is 11.1 Å². The Hall–Kier alpha value is -2.33. The molecule has 0 amide bonds. The van der Waals surface area contributed by atoms with Crippen molar-refractivity contribution in [1.29, 1.82) is 0 Å². The summed E-state index contributed by atoms with van der Waals surface area (Å²) in [5.41, 5.74) is 1.69. The standard InChI is InChI=1S/C16H13ClN2O2/c1-10-2-7-14-13(8-10)15(20)19(16(21)18-14)9-11-3-5-12(17)6-4-11/h2-8H,9H2,1H3,(H,18,21). The van der Waals surface area contributed by atoms with Crippen LogP contribution in [-0.2, 0) is 6.54 Å². The van der Waals surface area contributed by atoms with Crippen LogP contribution in [0.25, 0.3) is 10.9 Å². The molecule has 1 heterocycles. The molecule has 1 N–H and O–H groups in total. The van der Waals surface area contributed by atoms with Crippen LogP contribution < -0.4 is 11.2 Å². The van der Waals surface area contributed by atoms with E-state index in [0.29, 0.717) is 15.9 Å². The van der Waals surface area contributed by atoms with Gasteiger partial charge in [-0.15, -0.1) is 0 Å². The molecule has 0 spiro atoms. The molecule has 3 rings (SSSR count). The lowest BCUT2D eigenvalue weighted by Gasteiger charge is -2.07. The number of nitrogens with zero attached hydrogens (tertiary/aromatic N) is 1. The molecule has 0 atom stereocenters. The minimum Gasteiger partial charge on any atom is -0.307 e. The molecule has 3 aromatic rings. The van der Waals surface area contributed by atoms with Gasteiger partial charge >= 0.3 is 5.69 Å². The summed E-state index contributed by atoms with van der Waals surface area (Å²) in [6, 6.07) is 12.5. The van der Waals surface area contributed by atoms with Crippen molar-refractivity contribution in [1.82, 2.24) is 9.55 Å². The quantitative estimate of drug-likeness (QED) is 0.791. The number of hydrogen-bond donors (Lipinski definition) is 1. The van der Waals surface area contributed by atoms with Crippen LogP contribution in [-0.4, -0.2) is 9.55 Å². The van der Waals surface area contributed by atoms with Crippen LogP contribution in [0.15, 0.2) is 52.1 Å². The van der Waals surface area contributed by atoms with E-state index in [1.807, 2.05) is 13.0 Å². The Bertz CT molecular complexity index is 924. The van der Waals surface area contributed by atoms with Crippen molar-refractivity contribution in [3.63, 3.8) is 0 Å². The summed E-state index contributed by atoms with van der Waals surface area (Å²) < 4.78 is 1.20. The van der Waals surface area contributed by atoms with Gasteiger partial charge in [0.05, 0.1) is 17.4 Å². The van der Waals surface area contributed by atoms with Gasteiger partial charge in [0, 0.05) is 5.02 Å². The van der Waals surface area contributed by atoms with Crippen LogP contribution in [0, 0.1) is 6.92 Å². The maximum atomic E-state index is 12.5. The number of hydrogen-bond acceptors (Lipinski definition) is 2. The van der Waals surface area contributed by atoms with Crippen molar-refractivity contribution in [3.05, 3.63) is 79.5 Å². The van der Waals surface area contributed by atoms with Crippen LogP contribution in [0.3, 0.4) is 0 Å². The number of H-pyrrole nitrogens is 1. The molecule has 0 unspecified atom stereocenters. The van der Waals surface area contributed by atoms with Gasteiger partial charge in [-0.2, -0.15) is 0 Å². The van der Waals surface area contributed by atoms with Gasteiger partial charge in [-0.3, -0.25) is 9.36 Å². The average molecular weight is 301 g/mol. The molecular weight excluding hydrogens is 288 g/mol. The van der Waals surface area contributed by atoms with E-state index >= 15 is 0 Å². The molecule has 0 saturated heterocycles. The summed E-state index contributed by atoms with van der Waals surface area (Å²) in [5, 5.41) is 1.14. The highest BCUT2D eigenvalue weighted by atomic mass is 35.5. The van der Waals surface area contributed by atoms with Gasteiger partial charge in [-0.1, -0.05) is 35.4 Å². The topological polar surface area (TPSA) is 54.9 Å². The van der Waals surface area contributed by atoms with E-state index in [2.05, 4.69) is 4.98 Å². The van der Waals surface area contributed by atoms with Crippen molar-refractivity contribution in [2.24, 2.45) is 0 Å². The van der Waals surface area contributed by atoms with E-state index in [-0.39, 0.29) is 12.1 Å². The Morgan fingerprint density at radius 3 is 2.52 bits per heavy atom. The summed E-state index contributed by atoms with van der Waals surface area (Å²) in [5.74, 6) is 0. The zero-order chi connectivity index (χ0) is 15.0. The number of aryl methyl sites for hydroxylation is 1. The highest BCUT2D eigenvalue weighted by molar-refractivity contribution is 6.30. The summed E-state index contributed by atoms with van der Waals surface area (Å²) in [7, 11) is 0. The van der Waals surface area contributed by atoms with Crippen LogP contribution in [0.4, 0.5) is 0 Å². The predicted molar refractivity (Wildman–Crippen MR) is 84.1 cm³/mol. The molecule has 0 saturated carbocycles. The smallest absolute Gasteiger partial charge is 0.307 e. The Morgan fingerprint density at radius 2 is 1.81 bits per heavy atom. The van der Waals surface area contributed by atoms with Gasteiger partial charge in [-0.05, 0) is 36.8 Å². The second-order valence-corrected chi connectivity index (χ2v) is 5.43. The first-order chi connectivity index (χ1) is 10.0. The second-order valence-electron chi connectivity index (χ2n) is 5.00. The maximum Gasteiger partial charge on any atom is 0.329 e. The zero-order valence-corrected chi connectivity index (χ0v) is 12.1. The van der Waals surface area contributed by atoms with Gasteiger partial charge < -0.3 is 4.98 Å². The normalized spacial score (nSPS) is 11.0. The van der Waals surface area contributed by atoms with E-state index in [0.717, 1.165) is 11.1 Å². The second kappa shape index (κ2) is 5.22. The third-order valence-corrected chi connectivity index (χ3v) is 3.64. The lowest BCUT2D eigenvalue weighted by atomic mass is 10.1. The molecule has 4 nitrogen and oxygen atoms in total. The van der Waals surface area contributed by atoms with Gasteiger partial charge in [0.1, 0.15) is 0 Å². The Morgan fingerprint density at radius 1 is 1.10 bits per heavy atom. The van der Waals surface area contributed by atoms with Crippen molar-refractivity contribution in [2.75, 3.05) is 0 Å². The van der Waals surface area contributed by atoms with Gasteiger partial charge in [0.2, 0.25) is 0 Å². The SMILES string of the molecule is Cc1ccc2[nH]c(=O)n(Cc3ccc(Cl)cc3)c(=O)c2c1. The first-order valence-corrected chi connectivity index (χ1v) is 6.90. The molecular formula is C16H13ClN2O2. The third-order valence-electron chi connectivity index (χ3n) is 3.39. The first kappa shape index (κ1) is 13.6. The fraction of sp³-hybridized carbons (Fsp3) is 0.125. The largest absolute Gasteiger partial charge is 0.329 e. The molecule has 0 aliphatic carbocycles. The average Bonchev–Trinajstić information content (AvgIpc) is 2.46. The van der Waals surface area contributed by atoms with E-state index in [1.165, 1.54) is 4.57 Å². The lowest BCUT2D eigenvalue weighted by molar-refractivity contribution is 0.711. The Balaban J connectivity index is 2.16. The fourth-order valence-electron chi connectivity index (χ4n) is 2.28. The van der Waals surface area contributed by atoms with E-state index in [9.17, 15) is 9.59 Å². The molecule has 5 heteroatoms. The predicted octanol–water partition coefficient (Wildman–Crippen LogP) is 2.70. The molecule has 21 heavy (non-hydrogen) atoms. The number of aromatic amines is 1. The molecule has 0 bridgehead atoms. The van der Waals surface area contributed by atoms with Crippen LogP contribution in [0.5, 0.6) is 0 Å². The highest BCUT2D eigenvalue weighted by Crippen LogP contribution is 2.11. The molecule has 1 aromatic heterocycles. The Kier molecular flexibility index (Phi) is 3.39. The minimum atomic E-state index is -0.411. The molecule has 2 aromatic carbocycles. The van der Waals surface area contributed by atoms with Gasteiger partial charge in [-0.25, -0.2) is 4.79 Å². The number of nitrogens with one attached hydrogen (secondary N) is 1. The van der Waals surface area contributed by atoms with E-state index < -0.39 is 5.69 Å². The number of halogens is 1. The van der Waals surface area contributed by atoms with E-state index in [1.54, 1.807) is 36.4 Å². The van der Waals surface area contributed by atoms with Crippen molar-refractivity contribution in [2.45, 2.75) is 13.5 Å². The number of benzene rings is 2. The molecule has 0 aliphatic heterocycles. The lowest BCUT2D eigenvalue weighted by Crippen LogP contribution is -2.35. The minimum absolute atomic E-state index is 0.217. The summed E-state index contributed by atoms with van der Waals surface area (Å²) in [4.78, 5) is 27.3. The van der Waals surface area contributed by atoms with E-state index in [4.69, 9.17) is 11.6 Å². The number of rotatable bonds is 2. The number of fused-ring (bicyclic) bond motifs is 1. The van der Waals surface area contributed by atoms with Gasteiger partial charge in [0.15, 0.2) is 0 Å². The van der Waals surface area contributed by atoms with Crippen molar-refractivity contribution >= 4 is 22.5 Å². The molecule has 0 fully saturated rings. The highest BCUT2D eigenvalue weighted by Gasteiger charge is 2.08. The summed E-state index contributed by atoms with van der Waals surface area (Å²) in [6.45, 7) is 2.13. The molecule has 106 valence electrons. The van der Waals surface area contributed by atoms with Crippen LogP contribution >= 0.6 is 11.6 Å². The van der Waals surface area contributed by atoms with Crippen LogP contribution in [0.2, 0.25) is 5.02 Å². The summed E-state index contributed by atoms with van der Waals surface area (Å²) in [6.07, 6.45) is 0. The monoisotopic (exact) mass is 300 g/mol. The zero-order valence-electron chi connectivity index (χ0n) is 11.4. The first-order valence-electron chi connectivity index (χ1n) is 6.52. The van der Waals surface area contributed by atoms with Crippen molar-refractivity contribution < 1.29 is 0 Å². The third kappa shape index (κ3) is 2.62. The maximum absolute atomic E-state index is 12.5. The summed E-state index contributed by atoms with van der Waals surface area (Å²) >= 11 is 5.84.